The number of piperazine rings is 1. The highest BCUT2D eigenvalue weighted by molar-refractivity contribution is 5.81. The average molecular weight is 267 g/mol. The molecule has 0 atom stereocenters. The van der Waals surface area contributed by atoms with Gasteiger partial charge in [-0.15, -0.1) is 0 Å². The third kappa shape index (κ3) is 3.76. The lowest BCUT2D eigenvalue weighted by atomic mass is 10.3. The van der Waals surface area contributed by atoms with Crippen molar-refractivity contribution >= 4 is 6.21 Å². The molecule has 1 aliphatic heterocycles. The maximum absolute atomic E-state index is 11.4. The first-order valence-corrected chi connectivity index (χ1v) is 6.15. The molecule has 0 aliphatic carbocycles. The van der Waals surface area contributed by atoms with E-state index < -0.39 is 17.1 Å². The average Bonchev–Trinajstić information content (AvgIpc) is 2.38. The van der Waals surface area contributed by atoms with Crippen molar-refractivity contribution in [2.75, 3.05) is 39.3 Å². The minimum atomic E-state index is -0.736. The molecule has 0 unspecified atom stereocenters. The van der Waals surface area contributed by atoms with Gasteiger partial charge in [-0.25, -0.2) is 4.79 Å². The molecule has 1 saturated heterocycles. The van der Waals surface area contributed by atoms with E-state index in [9.17, 15) is 14.7 Å². The van der Waals surface area contributed by atoms with Gasteiger partial charge in [0.2, 0.25) is 5.88 Å². The van der Waals surface area contributed by atoms with Gasteiger partial charge >= 0.3 is 5.69 Å². The van der Waals surface area contributed by atoms with Crippen LogP contribution in [0.15, 0.2) is 14.6 Å². The number of rotatable bonds is 4. The number of H-pyrrole nitrogens is 2. The van der Waals surface area contributed by atoms with Gasteiger partial charge in [0, 0.05) is 38.9 Å². The second kappa shape index (κ2) is 6.30. The Kier molecular flexibility index (Phi) is 4.48. The molecule has 104 valence electrons. The molecule has 19 heavy (non-hydrogen) atoms. The molecule has 1 aromatic heterocycles. The van der Waals surface area contributed by atoms with Gasteiger partial charge in [-0.3, -0.25) is 24.7 Å². The van der Waals surface area contributed by atoms with Crippen molar-refractivity contribution in [3.05, 3.63) is 26.4 Å². The fourth-order valence-corrected chi connectivity index (χ4v) is 1.89. The van der Waals surface area contributed by atoms with Crippen LogP contribution in [-0.2, 0) is 0 Å². The first kappa shape index (κ1) is 13.5. The number of aromatic amines is 2. The summed E-state index contributed by atoms with van der Waals surface area (Å²) in [4.78, 5) is 32.8. The molecule has 1 aromatic rings. The van der Waals surface area contributed by atoms with E-state index in [4.69, 9.17) is 0 Å². The van der Waals surface area contributed by atoms with E-state index in [1.807, 2.05) is 4.98 Å². The van der Waals surface area contributed by atoms with Crippen LogP contribution in [0.5, 0.6) is 5.88 Å². The third-order valence-corrected chi connectivity index (χ3v) is 2.93. The van der Waals surface area contributed by atoms with E-state index in [1.54, 1.807) is 0 Å². The number of aromatic nitrogens is 2. The second-order valence-electron chi connectivity index (χ2n) is 4.30. The molecular formula is C11H17N5O3. The zero-order valence-electron chi connectivity index (χ0n) is 10.5. The van der Waals surface area contributed by atoms with Gasteiger partial charge in [0.15, 0.2) is 0 Å². The zero-order valence-corrected chi connectivity index (χ0v) is 10.5. The van der Waals surface area contributed by atoms with Crippen LogP contribution < -0.4 is 16.6 Å². The van der Waals surface area contributed by atoms with Crippen molar-refractivity contribution in [2.24, 2.45) is 4.99 Å². The van der Waals surface area contributed by atoms with Crippen molar-refractivity contribution in [2.45, 2.75) is 0 Å². The molecule has 1 fully saturated rings. The van der Waals surface area contributed by atoms with Crippen molar-refractivity contribution < 1.29 is 5.11 Å². The highest BCUT2D eigenvalue weighted by atomic mass is 16.3. The molecule has 0 saturated carbocycles. The summed E-state index contributed by atoms with van der Waals surface area (Å²) >= 11 is 0. The Morgan fingerprint density at radius 3 is 2.68 bits per heavy atom. The normalized spacial score (nSPS) is 17.1. The van der Waals surface area contributed by atoms with Crippen molar-refractivity contribution in [1.29, 1.82) is 0 Å². The van der Waals surface area contributed by atoms with Crippen molar-refractivity contribution in [1.82, 2.24) is 20.2 Å². The molecule has 0 spiro atoms. The molecule has 0 radical (unpaired) electrons. The Morgan fingerprint density at radius 2 is 2.00 bits per heavy atom. The van der Waals surface area contributed by atoms with Crippen molar-refractivity contribution in [3.8, 4) is 5.88 Å². The van der Waals surface area contributed by atoms with Crippen LogP contribution in [0, 0.1) is 0 Å². The summed E-state index contributed by atoms with van der Waals surface area (Å²) in [5, 5.41) is 12.7. The predicted octanol–water partition coefficient (Wildman–Crippen LogP) is -1.91. The smallest absolute Gasteiger partial charge is 0.328 e. The molecule has 2 rings (SSSR count). The lowest BCUT2D eigenvalue weighted by Crippen LogP contribution is -2.44. The minimum Gasteiger partial charge on any atom is -0.494 e. The van der Waals surface area contributed by atoms with Crippen LogP contribution in [0.2, 0.25) is 0 Å². The SMILES string of the molecule is O=c1[nH]c(O)c(C=NCCN2CCNCC2)c(=O)[nH]1. The quantitative estimate of drug-likeness (QED) is 0.476. The van der Waals surface area contributed by atoms with Gasteiger partial charge in [0.05, 0.1) is 6.54 Å². The van der Waals surface area contributed by atoms with Crippen molar-refractivity contribution in [3.63, 3.8) is 0 Å². The summed E-state index contributed by atoms with van der Waals surface area (Å²) in [5.74, 6) is -0.459. The summed E-state index contributed by atoms with van der Waals surface area (Å²) in [6.07, 6.45) is 1.28. The summed E-state index contributed by atoms with van der Waals surface area (Å²) in [7, 11) is 0. The molecule has 4 N–H and O–H groups in total. The molecule has 8 heteroatoms. The van der Waals surface area contributed by atoms with E-state index in [0.29, 0.717) is 6.54 Å². The number of nitrogens with zero attached hydrogens (tertiary/aromatic N) is 2. The van der Waals surface area contributed by atoms with E-state index in [-0.39, 0.29) is 5.56 Å². The summed E-state index contributed by atoms with van der Waals surface area (Å²) in [6.45, 7) is 5.27. The lowest BCUT2D eigenvalue weighted by Gasteiger charge is -2.26. The first-order valence-electron chi connectivity index (χ1n) is 6.15. The second-order valence-corrected chi connectivity index (χ2v) is 4.30. The molecule has 1 aliphatic rings. The molecule has 2 heterocycles. The van der Waals surface area contributed by atoms with Gasteiger partial charge in [-0.1, -0.05) is 0 Å². The molecule has 0 bridgehead atoms. The standard InChI is InChI=1S/C11H17N5O3/c17-9-8(10(18)15-11(19)14-9)7-13-3-6-16-4-1-12-2-5-16/h7,12H,1-6H2,(H3,14,15,17,18,19). The Morgan fingerprint density at radius 1 is 1.26 bits per heavy atom. The van der Waals surface area contributed by atoms with E-state index >= 15 is 0 Å². The number of aromatic hydroxyl groups is 1. The number of hydrogen-bond donors (Lipinski definition) is 4. The highest BCUT2D eigenvalue weighted by Crippen LogP contribution is 2.01. The number of nitrogens with one attached hydrogen (secondary N) is 3. The molecular weight excluding hydrogens is 250 g/mol. The highest BCUT2D eigenvalue weighted by Gasteiger charge is 2.08. The van der Waals surface area contributed by atoms with E-state index in [2.05, 4.69) is 20.2 Å². The van der Waals surface area contributed by atoms with Crippen LogP contribution in [-0.4, -0.2) is 65.5 Å². The minimum absolute atomic E-state index is 0.0279. The fraction of sp³-hybridized carbons (Fsp3) is 0.545. The summed E-state index contributed by atoms with van der Waals surface area (Å²) in [5.41, 5.74) is -1.41. The number of aliphatic imine (C=N–C) groups is 1. The van der Waals surface area contributed by atoms with Crippen LogP contribution in [0.1, 0.15) is 5.56 Å². The fourth-order valence-electron chi connectivity index (χ4n) is 1.89. The predicted molar refractivity (Wildman–Crippen MR) is 71.1 cm³/mol. The Bertz CT molecular complexity index is 556. The van der Waals surface area contributed by atoms with Gasteiger partial charge in [-0.2, -0.15) is 0 Å². The van der Waals surface area contributed by atoms with Gasteiger partial charge in [-0.05, 0) is 0 Å². The maximum atomic E-state index is 11.4. The Hall–Kier alpha value is -1.93. The number of hydrogen-bond acceptors (Lipinski definition) is 6. The van der Waals surface area contributed by atoms with Crippen LogP contribution in [0.3, 0.4) is 0 Å². The summed E-state index contributed by atoms with van der Waals surface area (Å²) < 4.78 is 0. The van der Waals surface area contributed by atoms with Gasteiger partial charge in [0.1, 0.15) is 5.56 Å². The maximum Gasteiger partial charge on any atom is 0.328 e. The van der Waals surface area contributed by atoms with Crippen LogP contribution in [0.25, 0.3) is 0 Å². The first-order chi connectivity index (χ1) is 9.16. The van der Waals surface area contributed by atoms with Crippen LogP contribution in [0.4, 0.5) is 0 Å². The molecule has 0 aromatic carbocycles. The van der Waals surface area contributed by atoms with Gasteiger partial charge < -0.3 is 10.4 Å². The Labute approximate surface area is 109 Å². The monoisotopic (exact) mass is 267 g/mol. The summed E-state index contributed by atoms with van der Waals surface area (Å²) in [6, 6.07) is 0. The lowest BCUT2D eigenvalue weighted by molar-refractivity contribution is 0.248. The molecule has 8 nitrogen and oxygen atoms in total. The third-order valence-electron chi connectivity index (χ3n) is 2.93. The zero-order chi connectivity index (χ0) is 13.7. The largest absolute Gasteiger partial charge is 0.494 e. The van der Waals surface area contributed by atoms with E-state index in [0.717, 1.165) is 32.7 Å². The molecule has 0 amide bonds. The Balaban J connectivity index is 1.92. The van der Waals surface area contributed by atoms with Gasteiger partial charge in [0.25, 0.3) is 5.56 Å². The topological polar surface area (TPSA) is 114 Å². The van der Waals surface area contributed by atoms with Crippen LogP contribution >= 0.6 is 0 Å². The van der Waals surface area contributed by atoms with E-state index in [1.165, 1.54) is 6.21 Å².